The second kappa shape index (κ2) is 3.97. The summed E-state index contributed by atoms with van der Waals surface area (Å²) in [5, 5.41) is 0. The number of hydrogen-bond donors (Lipinski definition) is 0. The minimum Gasteiger partial charge on any atom is -0.309 e. The normalized spacial score (nSPS) is 20.7. The van der Waals surface area contributed by atoms with Crippen molar-refractivity contribution in [1.82, 2.24) is 4.90 Å². The van der Waals surface area contributed by atoms with Crippen molar-refractivity contribution in [3.63, 3.8) is 0 Å². The number of rotatable bonds is 3. The molecule has 0 bridgehead atoms. The van der Waals surface area contributed by atoms with Crippen LogP contribution >= 0.6 is 0 Å². The van der Waals surface area contributed by atoms with E-state index >= 15 is 0 Å². The first-order valence-corrected chi connectivity index (χ1v) is 4.44. The van der Waals surface area contributed by atoms with Gasteiger partial charge in [-0.15, -0.1) is 0 Å². The van der Waals surface area contributed by atoms with Crippen molar-refractivity contribution in [2.24, 2.45) is 5.92 Å². The van der Waals surface area contributed by atoms with E-state index in [2.05, 4.69) is 19.0 Å². The summed E-state index contributed by atoms with van der Waals surface area (Å²) in [5.74, 6) is 1.06. The molecule has 1 aliphatic rings. The molecule has 0 spiro atoms. The third-order valence-electron chi connectivity index (χ3n) is 2.46. The monoisotopic (exact) mass is 141 g/mol. The Labute approximate surface area is 64.4 Å². The number of nitrogens with zero attached hydrogens (tertiary/aromatic N) is 1. The van der Waals surface area contributed by atoms with Gasteiger partial charge in [-0.25, -0.2) is 0 Å². The maximum atomic E-state index is 2.29. The molecular formula is C9H19N. The zero-order valence-corrected chi connectivity index (χ0v) is 7.27. The highest BCUT2D eigenvalue weighted by molar-refractivity contribution is 4.67. The van der Waals surface area contributed by atoms with Crippen molar-refractivity contribution in [2.75, 3.05) is 20.6 Å². The zero-order valence-electron chi connectivity index (χ0n) is 7.27. The molecule has 1 aliphatic carbocycles. The molecule has 60 valence electrons. The highest BCUT2D eigenvalue weighted by Crippen LogP contribution is 2.27. The van der Waals surface area contributed by atoms with Crippen LogP contribution in [0.15, 0.2) is 0 Å². The number of hydrogen-bond acceptors (Lipinski definition) is 1. The van der Waals surface area contributed by atoms with E-state index in [1.54, 1.807) is 0 Å². The standard InChI is InChI=1S/C9H19N/c1-10(2)8-7-9-5-3-4-6-9/h9H,3-8H2,1-2H3. The zero-order chi connectivity index (χ0) is 7.40. The fraction of sp³-hybridized carbons (Fsp3) is 1.00. The summed E-state index contributed by atoms with van der Waals surface area (Å²) in [7, 11) is 4.32. The van der Waals surface area contributed by atoms with Gasteiger partial charge in [0.15, 0.2) is 0 Å². The predicted molar refractivity (Wildman–Crippen MR) is 45.1 cm³/mol. The molecule has 1 fully saturated rings. The SMILES string of the molecule is CN(C)CCC1CCCC1. The molecule has 0 saturated heterocycles. The summed E-state index contributed by atoms with van der Waals surface area (Å²) in [4.78, 5) is 2.29. The van der Waals surface area contributed by atoms with Gasteiger partial charge in [-0.05, 0) is 33.0 Å². The first kappa shape index (κ1) is 8.06. The third kappa shape index (κ3) is 2.70. The summed E-state index contributed by atoms with van der Waals surface area (Å²) >= 11 is 0. The van der Waals surface area contributed by atoms with E-state index in [-0.39, 0.29) is 0 Å². The van der Waals surface area contributed by atoms with E-state index in [0.29, 0.717) is 0 Å². The average Bonchev–Trinajstić information content (AvgIpc) is 2.34. The second-order valence-electron chi connectivity index (χ2n) is 3.74. The van der Waals surface area contributed by atoms with Crippen molar-refractivity contribution in [3.8, 4) is 0 Å². The van der Waals surface area contributed by atoms with Crippen LogP contribution in [0.25, 0.3) is 0 Å². The van der Waals surface area contributed by atoms with Gasteiger partial charge in [-0.1, -0.05) is 25.7 Å². The lowest BCUT2D eigenvalue weighted by atomic mass is 10.0. The molecule has 1 heteroatoms. The molecule has 0 aromatic rings. The van der Waals surface area contributed by atoms with Crippen molar-refractivity contribution in [3.05, 3.63) is 0 Å². The molecule has 0 atom stereocenters. The molecule has 1 saturated carbocycles. The second-order valence-corrected chi connectivity index (χ2v) is 3.74. The Bertz CT molecular complexity index is 82.7. The highest BCUT2D eigenvalue weighted by Gasteiger charge is 2.14. The summed E-state index contributed by atoms with van der Waals surface area (Å²) in [6.45, 7) is 1.28. The smallest absolute Gasteiger partial charge is 0.00222 e. The van der Waals surface area contributed by atoms with Crippen LogP contribution < -0.4 is 0 Å². The van der Waals surface area contributed by atoms with Gasteiger partial charge < -0.3 is 4.90 Å². The van der Waals surface area contributed by atoms with Crippen LogP contribution in [-0.4, -0.2) is 25.5 Å². The van der Waals surface area contributed by atoms with E-state index < -0.39 is 0 Å². The molecule has 0 aliphatic heterocycles. The third-order valence-corrected chi connectivity index (χ3v) is 2.46. The quantitative estimate of drug-likeness (QED) is 0.582. The Kier molecular flexibility index (Phi) is 3.20. The maximum Gasteiger partial charge on any atom is -0.00222 e. The van der Waals surface area contributed by atoms with Gasteiger partial charge in [0, 0.05) is 0 Å². The van der Waals surface area contributed by atoms with Crippen molar-refractivity contribution in [1.29, 1.82) is 0 Å². The molecular weight excluding hydrogens is 122 g/mol. The van der Waals surface area contributed by atoms with Gasteiger partial charge in [0.05, 0.1) is 0 Å². The van der Waals surface area contributed by atoms with Gasteiger partial charge >= 0.3 is 0 Å². The lowest BCUT2D eigenvalue weighted by Crippen LogP contribution is -2.15. The van der Waals surface area contributed by atoms with E-state index in [0.717, 1.165) is 5.92 Å². The maximum absolute atomic E-state index is 2.29. The van der Waals surface area contributed by atoms with Gasteiger partial charge in [0.2, 0.25) is 0 Å². The van der Waals surface area contributed by atoms with Crippen LogP contribution in [0.3, 0.4) is 0 Å². The molecule has 0 heterocycles. The first-order chi connectivity index (χ1) is 4.79. The van der Waals surface area contributed by atoms with Gasteiger partial charge in [-0.2, -0.15) is 0 Å². The Balaban J connectivity index is 2.01. The molecule has 1 rings (SSSR count). The van der Waals surface area contributed by atoms with Gasteiger partial charge in [0.25, 0.3) is 0 Å². The van der Waals surface area contributed by atoms with Crippen molar-refractivity contribution < 1.29 is 0 Å². The summed E-state index contributed by atoms with van der Waals surface area (Å²) in [6, 6.07) is 0. The van der Waals surface area contributed by atoms with Crippen LogP contribution in [-0.2, 0) is 0 Å². The molecule has 1 nitrogen and oxygen atoms in total. The minimum atomic E-state index is 1.06. The van der Waals surface area contributed by atoms with Gasteiger partial charge in [-0.3, -0.25) is 0 Å². The molecule has 0 N–H and O–H groups in total. The Morgan fingerprint density at radius 2 is 1.80 bits per heavy atom. The molecule has 0 unspecified atom stereocenters. The fourth-order valence-electron chi connectivity index (χ4n) is 1.74. The molecule has 10 heavy (non-hydrogen) atoms. The van der Waals surface area contributed by atoms with E-state index in [1.807, 2.05) is 0 Å². The lowest BCUT2D eigenvalue weighted by molar-refractivity contribution is 0.352. The molecule has 0 radical (unpaired) electrons. The first-order valence-electron chi connectivity index (χ1n) is 4.44. The average molecular weight is 141 g/mol. The fourth-order valence-corrected chi connectivity index (χ4v) is 1.74. The van der Waals surface area contributed by atoms with Crippen LogP contribution in [0.2, 0.25) is 0 Å². The Morgan fingerprint density at radius 3 is 2.30 bits per heavy atom. The molecule has 0 amide bonds. The predicted octanol–water partition coefficient (Wildman–Crippen LogP) is 2.13. The van der Waals surface area contributed by atoms with Crippen molar-refractivity contribution >= 4 is 0 Å². The van der Waals surface area contributed by atoms with E-state index in [1.165, 1.54) is 38.6 Å². The largest absolute Gasteiger partial charge is 0.309 e. The summed E-state index contributed by atoms with van der Waals surface area (Å²) < 4.78 is 0. The van der Waals surface area contributed by atoms with Crippen molar-refractivity contribution in [2.45, 2.75) is 32.1 Å². The molecule has 0 aromatic heterocycles. The minimum absolute atomic E-state index is 1.06. The van der Waals surface area contributed by atoms with Gasteiger partial charge in [0.1, 0.15) is 0 Å². The van der Waals surface area contributed by atoms with Crippen LogP contribution in [0.1, 0.15) is 32.1 Å². The van der Waals surface area contributed by atoms with Crippen LogP contribution in [0, 0.1) is 5.92 Å². The molecule has 0 aromatic carbocycles. The van der Waals surface area contributed by atoms with E-state index in [9.17, 15) is 0 Å². The highest BCUT2D eigenvalue weighted by atomic mass is 15.0. The lowest BCUT2D eigenvalue weighted by Gasteiger charge is -2.12. The van der Waals surface area contributed by atoms with Crippen LogP contribution in [0.5, 0.6) is 0 Å². The topological polar surface area (TPSA) is 3.24 Å². The van der Waals surface area contributed by atoms with Crippen LogP contribution in [0.4, 0.5) is 0 Å². The summed E-state index contributed by atoms with van der Waals surface area (Å²) in [5.41, 5.74) is 0. The summed E-state index contributed by atoms with van der Waals surface area (Å²) in [6.07, 6.45) is 7.38. The van der Waals surface area contributed by atoms with E-state index in [4.69, 9.17) is 0 Å². The Hall–Kier alpha value is -0.0400. The Morgan fingerprint density at radius 1 is 1.20 bits per heavy atom.